The van der Waals surface area contributed by atoms with Crippen molar-refractivity contribution in [3.8, 4) is 11.5 Å². The lowest BCUT2D eigenvalue weighted by Gasteiger charge is -2.15. The van der Waals surface area contributed by atoms with Gasteiger partial charge in [-0.2, -0.15) is 0 Å². The molecule has 3 aromatic rings. The molecule has 0 N–H and O–H groups in total. The van der Waals surface area contributed by atoms with Crippen molar-refractivity contribution in [1.82, 2.24) is 0 Å². The predicted octanol–water partition coefficient (Wildman–Crippen LogP) is 6.27. The Labute approximate surface area is 204 Å². The number of hydrogen-bond donors (Lipinski definition) is 0. The van der Waals surface area contributed by atoms with E-state index in [2.05, 4.69) is 27.6 Å². The smallest absolute Gasteiger partial charge is 0.363 e. The second kappa shape index (κ2) is 10.2. The molecule has 32 heavy (non-hydrogen) atoms. The molecule has 0 aliphatic carbocycles. The first-order valence-electron chi connectivity index (χ1n) is 9.95. The summed E-state index contributed by atoms with van der Waals surface area (Å²) in [5.74, 6) is 0.709. The van der Waals surface area contributed by atoms with Crippen molar-refractivity contribution >= 4 is 52.1 Å². The van der Waals surface area contributed by atoms with Gasteiger partial charge in [-0.25, -0.2) is 9.79 Å². The molecular formula is C25H19ClINO4. The third-order valence-electron chi connectivity index (χ3n) is 4.55. The third-order valence-corrected chi connectivity index (χ3v) is 5.50. The number of carbonyl (C=O) groups is 1. The quantitative estimate of drug-likeness (QED) is 0.195. The molecule has 0 spiro atoms. The minimum Gasteiger partial charge on any atom is -0.490 e. The van der Waals surface area contributed by atoms with E-state index in [1.54, 1.807) is 18.2 Å². The molecule has 4 rings (SSSR count). The number of carbonyl (C=O) groups excluding carboxylic acids is 1. The number of esters is 1. The third kappa shape index (κ3) is 5.31. The van der Waals surface area contributed by atoms with Crippen LogP contribution in [-0.2, 0) is 16.1 Å². The van der Waals surface area contributed by atoms with E-state index in [4.69, 9.17) is 25.8 Å². The first kappa shape index (κ1) is 22.4. The fraction of sp³-hybridized carbons (Fsp3) is 0.120. The van der Waals surface area contributed by atoms with Crippen LogP contribution >= 0.6 is 34.2 Å². The maximum atomic E-state index is 12.3. The first-order chi connectivity index (χ1) is 15.5. The lowest BCUT2D eigenvalue weighted by molar-refractivity contribution is -0.129. The monoisotopic (exact) mass is 559 g/mol. The van der Waals surface area contributed by atoms with Gasteiger partial charge in [-0.1, -0.05) is 41.9 Å². The molecule has 1 aliphatic heterocycles. The van der Waals surface area contributed by atoms with E-state index in [1.165, 1.54) is 0 Å². The molecule has 0 amide bonds. The summed E-state index contributed by atoms with van der Waals surface area (Å²) in [7, 11) is 0. The van der Waals surface area contributed by atoms with Gasteiger partial charge in [0.15, 0.2) is 17.2 Å². The number of hydrogen-bond acceptors (Lipinski definition) is 5. The van der Waals surface area contributed by atoms with E-state index in [0.717, 1.165) is 14.7 Å². The average Bonchev–Trinajstić information content (AvgIpc) is 3.14. The van der Waals surface area contributed by atoms with Gasteiger partial charge in [0.25, 0.3) is 0 Å². The largest absolute Gasteiger partial charge is 0.490 e. The number of cyclic esters (lactones) is 1. The summed E-state index contributed by atoms with van der Waals surface area (Å²) in [6, 6.07) is 20.8. The van der Waals surface area contributed by atoms with Gasteiger partial charge in [0.1, 0.15) is 6.61 Å². The summed E-state index contributed by atoms with van der Waals surface area (Å²) in [6.07, 6.45) is 1.62. The van der Waals surface area contributed by atoms with E-state index >= 15 is 0 Å². The molecule has 0 bridgehead atoms. The zero-order valence-corrected chi connectivity index (χ0v) is 20.1. The molecule has 0 atom stereocenters. The molecule has 7 heteroatoms. The van der Waals surface area contributed by atoms with Crippen LogP contribution in [-0.4, -0.2) is 18.5 Å². The molecule has 0 aromatic heterocycles. The van der Waals surface area contributed by atoms with Gasteiger partial charge in [-0.05, 0) is 83.1 Å². The van der Waals surface area contributed by atoms with Crippen LogP contribution in [0.1, 0.15) is 23.6 Å². The molecular weight excluding hydrogens is 541 g/mol. The van der Waals surface area contributed by atoms with Crippen molar-refractivity contribution in [3.63, 3.8) is 0 Å². The molecule has 1 aliphatic rings. The maximum absolute atomic E-state index is 12.3. The van der Waals surface area contributed by atoms with Crippen molar-refractivity contribution in [3.05, 3.63) is 97.7 Å². The van der Waals surface area contributed by atoms with Gasteiger partial charge in [0.05, 0.1) is 11.6 Å². The maximum Gasteiger partial charge on any atom is 0.363 e. The van der Waals surface area contributed by atoms with E-state index in [-0.39, 0.29) is 11.6 Å². The normalized spacial score (nSPS) is 14.3. The van der Waals surface area contributed by atoms with Gasteiger partial charge in [-0.3, -0.25) is 0 Å². The predicted molar refractivity (Wildman–Crippen MR) is 133 cm³/mol. The van der Waals surface area contributed by atoms with Gasteiger partial charge < -0.3 is 14.2 Å². The SMILES string of the molecule is CCOc1cc(/C=C2\N=C(c3ccccc3)OC2=O)cc(Cl)c1OCc1cccc(I)c1. The number of nitrogens with zero attached hydrogens (tertiary/aromatic N) is 1. The van der Waals surface area contributed by atoms with Crippen LogP contribution < -0.4 is 9.47 Å². The molecule has 0 saturated carbocycles. The molecule has 0 radical (unpaired) electrons. The Hall–Kier alpha value is -2.84. The Kier molecular flexibility index (Phi) is 7.12. The molecule has 1 heterocycles. The van der Waals surface area contributed by atoms with Crippen LogP contribution in [0.2, 0.25) is 5.02 Å². The number of benzene rings is 3. The van der Waals surface area contributed by atoms with Crippen LogP contribution in [0.15, 0.2) is 77.4 Å². The van der Waals surface area contributed by atoms with E-state index in [0.29, 0.717) is 35.3 Å². The Morgan fingerprint density at radius 2 is 1.88 bits per heavy atom. The molecule has 0 fully saturated rings. The lowest BCUT2D eigenvalue weighted by Crippen LogP contribution is -2.05. The minimum atomic E-state index is -0.517. The van der Waals surface area contributed by atoms with E-state index < -0.39 is 5.97 Å². The van der Waals surface area contributed by atoms with Crippen LogP contribution in [0.5, 0.6) is 11.5 Å². The van der Waals surface area contributed by atoms with Crippen molar-refractivity contribution in [2.24, 2.45) is 4.99 Å². The number of ether oxygens (including phenoxy) is 3. The summed E-state index contributed by atoms with van der Waals surface area (Å²) in [5, 5.41) is 0.382. The van der Waals surface area contributed by atoms with Crippen molar-refractivity contribution in [2.45, 2.75) is 13.5 Å². The van der Waals surface area contributed by atoms with Crippen LogP contribution in [0.25, 0.3) is 6.08 Å². The highest BCUT2D eigenvalue weighted by Gasteiger charge is 2.24. The topological polar surface area (TPSA) is 57.1 Å². The first-order valence-corrected chi connectivity index (χ1v) is 11.4. The second-order valence-corrected chi connectivity index (χ2v) is 8.54. The molecule has 162 valence electrons. The van der Waals surface area contributed by atoms with E-state index in [9.17, 15) is 4.79 Å². The molecule has 3 aromatic carbocycles. The zero-order valence-electron chi connectivity index (χ0n) is 17.2. The van der Waals surface area contributed by atoms with Gasteiger partial charge in [-0.15, -0.1) is 0 Å². The van der Waals surface area contributed by atoms with Gasteiger partial charge >= 0.3 is 5.97 Å². The van der Waals surface area contributed by atoms with Gasteiger partial charge in [0.2, 0.25) is 5.90 Å². The lowest BCUT2D eigenvalue weighted by atomic mass is 10.1. The highest BCUT2D eigenvalue weighted by molar-refractivity contribution is 14.1. The van der Waals surface area contributed by atoms with Gasteiger partial charge in [0, 0.05) is 9.13 Å². The van der Waals surface area contributed by atoms with E-state index in [1.807, 2.05) is 61.5 Å². The summed E-state index contributed by atoms with van der Waals surface area (Å²) >= 11 is 8.79. The molecule has 0 saturated heterocycles. The number of halogens is 2. The second-order valence-electron chi connectivity index (χ2n) is 6.88. The molecule has 5 nitrogen and oxygen atoms in total. The summed E-state index contributed by atoms with van der Waals surface area (Å²) < 4.78 is 18.2. The Bertz CT molecular complexity index is 1210. The number of aliphatic imine (C=N–C) groups is 1. The number of rotatable bonds is 7. The van der Waals surface area contributed by atoms with Crippen molar-refractivity contribution in [1.29, 1.82) is 0 Å². The highest BCUT2D eigenvalue weighted by Crippen LogP contribution is 2.38. The van der Waals surface area contributed by atoms with Crippen LogP contribution in [0, 0.1) is 3.57 Å². The Balaban J connectivity index is 1.61. The zero-order chi connectivity index (χ0) is 22.5. The van der Waals surface area contributed by atoms with Crippen molar-refractivity contribution < 1.29 is 19.0 Å². The fourth-order valence-corrected chi connectivity index (χ4v) is 4.01. The Morgan fingerprint density at radius 1 is 1.06 bits per heavy atom. The fourth-order valence-electron chi connectivity index (χ4n) is 3.13. The highest BCUT2D eigenvalue weighted by atomic mass is 127. The summed E-state index contributed by atoms with van der Waals surface area (Å²) in [4.78, 5) is 16.7. The minimum absolute atomic E-state index is 0.190. The van der Waals surface area contributed by atoms with Crippen LogP contribution in [0.3, 0.4) is 0 Å². The summed E-state index contributed by atoms with van der Waals surface area (Å²) in [5.41, 5.74) is 2.61. The standard InChI is InChI=1S/C25H19ClINO4/c1-2-30-22-14-17(12-20(26)23(22)31-15-16-7-6-10-19(27)11-16)13-21-25(29)32-24(28-21)18-8-4-3-5-9-18/h3-14H,2,15H2,1H3/b21-13-. The van der Waals surface area contributed by atoms with Crippen LogP contribution in [0.4, 0.5) is 0 Å². The van der Waals surface area contributed by atoms with Crippen molar-refractivity contribution in [2.75, 3.05) is 6.61 Å². The summed E-state index contributed by atoms with van der Waals surface area (Å²) in [6.45, 7) is 2.68. The average molecular weight is 560 g/mol. The molecule has 0 unspecified atom stereocenters. The Morgan fingerprint density at radius 3 is 2.62 bits per heavy atom.